The summed E-state index contributed by atoms with van der Waals surface area (Å²) >= 11 is 0. The minimum Gasteiger partial charge on any atom is -0.861 e. The van der Waals surface area contributed by atoms with Crippen molar-refractivity contribution in [1.82, 2.24) is 4.90 Å². The van der Waals surface area contributed by atoms with Crippen LogP contribution in [0.15, 0.2) is 94.9 Å². The van der Waals surface area contributed by atoms with Gasteiger partial charge in [0.2, 0.25) is 0 Å². The van der Waals surface area contributed by atoms with Crippen molar-refractivity contribution in [3.63, 3.8) is 0 Å². The summed E-state index contributed by atoms with van der Waals surface area (Å²) in [4.78, 5) is 22.0. The van der Waals surface area contributed by atoms with Crippen LogP contribution >= 0.6 is 0 Å². The Hall–Kier alpha value is -3.28. The van der Waals surface area contributed by atoms with E-state index in [0.29, 0.717) is 23.5 Å². The maximum Gasteiger partial charge on any atom is 2.00 e. The number of benzene rings is 3. The molecule has 0 radical (unpaired) electrons. The number of aliphatic carboxylic acids is 1. The maximum absolute atomic E-state index is 13.2. The Morgan fingerprint density at radius 3 is 2.26 bits per heavy atom. The smallest absolute Gasteiger partial charge is 0.861 e. The standard InChI is InChI=1S/C27H27N3O3.Ni/c31-25(32)18-28-26(21-12-5-2-6-13-21)22-14-7-8-15-23(22)29-27(33)24-16-9-17-30(24)19-20-10-3-1-4-11-20;/h1-8,10-15,24H,9,16-19H2,(H,29,33)(H,31,32);/q;+2/p-2. The van der Waals surface area contributed by atoms with Crippen LogP contribution in [-0.2, 0) is 27.8 Å². The molecule has 1 unspecified atom stereocenters. The van der Waals surface area contributed by atoms with Gasteiger partial charge in [-0.2, -0.15) is 0 Å². The fraction of sp³-hybridized carbons (Fsp3) is 0.222. The second-order valence-electron chi connectivity index (χ2n) is 7.98. The van der Waals surface area contributed by atoms with Crippen molar-refractivity contribution in [3.05, 3.63) is 102 Å². The van der Waals surface area contributed by atoms with Crippen LogP contribution < -0.4 is 10.2 Å². The molecule has 4 rings (SSSR count). The van der Waals surface area contributed by atoms with Gasteiger partial charge in [-0.3, -0.25) is 14.9 Å². The molecule has 0 bridgehead atoms. The Bertz CT molecular complexity index is 1150. The minimum absolute atomic E-state index is 0. The third-order valence-corrected chi connectivity index (χ3v) is 5.68. The second kappa shape index (κ2) is 12.3. The van der Waals surface area contributed by atoms with E-state index in [1.807, 2.05) is 66.7 Å². The first kappa shape index (κ1) is 25.3. The molecule has 176 valence electrons. The molecule has 0 aliphatic carbocycles. The molecule has 0 aromatic heterocycles. The van der Waals surface area contributed by atoms with E-state index in [1.54, 1.807) is 6.07 Å². The third kappa shape index (κ3) is 6.40. The maximum atomic E-state index is 13.2. The molecule has 3 aromatic carbocycles. The Morgan fingerprint density at radius 1 is 0.912 bits per heavy atom. The van der Waals surface area contributed by atoms with Crippen LogP contribution in [0.2, 0.25) is 0 Å². The summed E-state index contributed by atoms with van der Waals surface area (Å²) in [6, 6.07) is 26.3. The van der Waals surface area contributed by atoms with Crippen molar-refractivity contribution < 1.29 is 31.5 Å². The average Bonchev–Trinajstić information content (AvgIpc) is 3.29. The second-order valence-corrected chi connectivity index (χ2v) is 7.98. The number of rotatable bonds is 8. The molecule has 1 saturated heterocycles. The van der Waals surface area contributed by atoms with Crippen LogP contribution in [0.3, 0.4) is 0 Å². The summed E-state index contributed by atoms with van der Waals surface area (Å²) in [5.74, 6) is -1.46. The van der Waals surface area contributed by atoms with Gasteiger partial charge in [-0.05, 0) is 36.9 Å². The molecule has 7 heteroatoms. The predicted octanol–water partition coefficient (Wildman–Crippen LogP) is 2.33. The number of para-hydroxylation sites is 1. The van der Waals surface area contributed by atoms with E-state index in [1.165, 1.54) is 5.56 Å². The van der Waals surface area contributed by atoms with Gasteiger partial charge in [0.15, 0.2) is 0 Å². The molecule has 3 aromatic rings. The number of nitrogens with zero attached hydrogens (tertiary/aromatic N) is 3. The van der Waals surface area contributed by atoms with Crippen LogP contribution in [0.5, 0.6) is 0 Å². The van der Waals surface area contributed by atoms with E-state index in [9.17, 15) is 15.0 Å². The number of carboxylic acids is 1. The molecule has 0 amide bonds. The Morgan fingerprint density at radius 2 is 1.56 bits per heavy atom. The van der Waals surface area contributed by atoms with Crippen molar-refractivity contribution in [2.75, 3.05) is 13.1 Å². The van der Waals surface area contributed by atoms with E-state index < -0.39 is 12.5 Å². The first-order chi connectivity index (χ1) is 16.1. The van der Waals surface area contributed by atoms with Crippen molar-refractivity contribution in [3.8, 4) is 0 Å². The van der Waals surface area contributed by atoms with Gasteiger partial charge >= 0.3 is 16.5 Å². The number of hydrogen-bond donors (Lipinski definition) is 0. The van der Waals surface area contributed by atoms with Crippen molar-refractivity contribution in [2.24, 2.45) is 9.98 Å². The molecular formula is C27H25N3NiO3. The molecule has 0 spiro atoms. The number of hydrogen-bond acceptors (Lipinski definition) is 6. The SMILES string of the molecule is O=C([O-])CN=C(c1ccccc1)c1ccccc1N=C([O-])C1CCCN1Cc1ccccc1.[Ni+2]. The van der Waals surface area contributed by atoms with E-state index >= 15 is 0 Å². The summed E-state index contributed by atoms with van der Waals surface area (Å²) < 4.78 is 0. The molecule has 1 aliphatic heterocycles. The Kier molecular flexibility index (Phi) is 9.14. The van der Waals surface area contributed by atoms with Crippen LogP contribution in [0, 0.1) is 0 Å². The Balaban J connectivity index is 0.00000324. The number of aliphatic imine (C=N–C) groups is 2. The summed E-state index contributed by atoms with van der Waals surface area (Å²) in [6.45, 7) is 1.08. The number of likely N-dealkylation sites (tertiary alicyclic amines) is 1. The van der Waals surface area contributed by atoms with Crippen molar-refractivity contribution in [2.45, 2.75) is 25.4 Å². The van der Waals surface area contributed by atoms with E-state index in [2.05, 4.69) is 27.0 Å². The summed E-state index contributed by atoms with van der Waals surface area (Å²) in [7, 11) is 0. The molecule has 0 N–H and O–H groups in total. The minimum atomic E-state index is -1.27. The zero-order valence-electron chi connectivity index (χ0n) is 18.6. The van der Waals surface area contributed by atoms with Crippen LogP contribution in [0.1, 0.15) is 29.5 Å². The third-order valence-electron chi connectivity index (χ3n) is 5.68. The van der Waals surface area contributed by atoms with Gasteiger partial charge in [0.25, 0.3) is 0 Å². The number of carboxylic acid groups (broad SMARTS) is 1. The van der Waals surface area contributed by atoms with Gasteiger partial charge < -0.3 is 15.0 Å². The van der Waals surface area contributed by atoms with Crippen LogP contribution in [0.25, 0.3) is 0 Å². The van der Waals surface area contributed by atoms with Gasteiger partial charge in [-0.25, -0.2) is 0 Å². The fourth-order valence-corrected chi connectivity index (χ4v) is 4.15. The molecule has 1 atom stereocenters. The molecule has 1 fully saturated rings. The quantitative estimate of drug-likeness (QED) is 0.271. The van der Waals surface area contributed by atoms with E-state index in [0.717, 1.165) is 24.9 Å². The summed E-state index contributed by atoms with van der Waals surface area (Å²) in [5, 5.41) is 24.3. The largest absolute Gasteiger partial charge is 2.00 e. The summed E-state index contributed by atoms with van der Waals surface area (Å²) in [6.07, 6.45) is 1.71. The Labute approximate surface area is 209 Å². The topological polar surface area (TPSA) is 91.1 Å². The molecule has 0 saturated carbocycles. The van der Waals surface area contributed by atoms with Gasteiger partial charge in [-0.1, -0.05) is 78.9 Å². The summed E-state index contributed by atoms with van der Waals surface area (Å²) in [5.41, 5.74) is 3.49. The van der Waals surface area contributed by atoms with E-state index in [-0.39, 0.29) is 28.4 Å². The zero-order chi connectivity index (χ0) is 23.0. The number of carbonyl (C=O) groups excluding carboxylic acids is 1. The molecular weight excluding hydrogens is 473 g/mol. The van der Waals surface area contributed by atoms with Crippen LogP contribution in [0.4, 0.5) is 5.69 Å². The van der Waals surface area contributed by atoms with Gasteiger partial charge in [0.1, 0.15) is 0 Å². The number of carbonyl (C=O) groups is 1. The van der Waals surface area contributed by atoms with Gasteiger partial charge in [0, 0.05) is 23.7 Å². The molecule has 1 aliphatic rings. The predicted molar refractivity (Wildman–Crippen MR) is 125 cm³/mol. The first-order valence-corrected chi connectivity index (χ1v) is 11.0. The van der Waals surface area contributed by atoms with Crippen molar-refractivity contribution >= 4 is 23.3 Å². The normalized spacial score (nSPS) is 16.8. The van der Waals surface area contributed by atoms with Gasteiger partial charge in [-0.15, -0.1) is 0 Å². The molecule has 34 heavy (non-hydrogen) atoms. The fourth-order valence-electron chi connectivity index (χ4n) is 4.15. The van der Waals surface area contributed by atoms with Gasteiger partial charge in [0.05, 0.1) is 23.9 Å². The average molecular weight is 498 g/mol. The van der Waals surface area contributed by atoms with Crippen molar-refractivity contribution in [1.29, 1.82) is 0 Å². The van der Waals surface area contributed by atoms with Crippen LogP contribution in [-0.4, -0.2) is 41.6 Å². The monoisotopic (exact) mass is 497 g/mol. The molecule has 1 heterocycles. The zero-order valence-corrected chi connectivity index (χ0v) is 19.6. The first-order valence-electron chi connectivity index (χ1n) is 11.0. The molecule has 6 nitrogen and oxygen atoms in total. The van der Waals surface area contributed by atoms with E-state index in [4.69, 9.17) is 0 Å².